The second-order valence-corrected chi connectivity index (χ2v) is 6.42. The number of para-hydroxylation sites is 2. The third-order valence-electron chi connectivity index (χ3n) is 4.29. The molecule has 0 fully saturated rings. The monoisotopic (exact) mass is 334 g/mol. The average molecular weight is 334 g/mol. The van der Waals surface area contributed by atoms with Crippen LogP contribution in [0.25, 0.3) is 22.4 Å². The normalized spacial score (nSPS) is 12.6. The van der Waals surface area contributed by atoms with Crippen molar-refractivity contribution < 1.29 is 4.39 Å². The Morgan fingerprint density at radius 2 is 2.04 bits per heavy atom. The Hall–Kier alpha value is -2.95. The third-order valence-corrected chi connectivity index (χ3v) is 4.29. The van der Waals surface area contributed by atoms with E-state index in [9.17, 15) is 4.39 Å². The van der Waals surface area contributed by atoms with Crippen LogP contribution >= 0.6 is 0 Å². The Morgan fingerprint density at radius 1 is 1.16 bits per heavy atom. The maximum absolute atomic E-state index is 13.5. The van der Waals surface area contributed by atoms with E-state index in [0.717, 1.165) is 41.2 Å². The molecule has 1 unspecified atom stereocenters. The summed E-state index contributed by atoms with van der Waals surface area (Å²) in [6, 6.07) is 14.6. The predicted molar refractivity (Wildman–Crippen MR) is 96.6 cm³/mol. The minimum atomic E-state index is -0.248. The second-order valence-electron chi connectivity index (χ2n) is 6.42. The van der Waals surface area contributed by atoms with Crippen molar-refractivity contribution in [3.8, 4) is 11.4 Å². The van der Waals surface area contributed by atoms with Crippen LogP contribution in [0.4, 0.5) is 4.39 Å². The molecular formula is C20H19FN4. The molecule has 0 spiro atoms. The van der Waals surface area contributed by atoms with Gasteiger partial charge in [-0.2, -0.15) is 0 Å². The van der Waals surface area contributed by atoms with Crippen LogP contribution in [0.15, 0.2) is 60.9 Å². The molecule has 0 radical (unpaired) electrons. The molecule has 1 atom stereocenters. The summed E-state index contributed by atoms with van der Waals surface area (Å²) in [6.07, 6.45) is 4.54. The van der Waals surface area contributed by atoms with Gasteiger partial charge in [-0.3, -0.25) is 0 Å². The lowest BCUT2D eigenvalue weighted by Gasteiger charge is -2.13. The van der Waals surface area contributed by atoms with Gasteiger partial charge < -0.3 is 9.55 Å². The van der Waals surface area contributed by atoms with Crippen molar-refractivity contribution in [1.82, 2.24) is 19.5 Å². The van der Waals surface area contributed by atoms with E-state index in [1.54, 1.807) is 12.3 Å². The number of rotatable bonds is 5. The Balaban J connectivity index is 1.51. The lowest BCUT2D eigenvalue weighted by atomic mass is 10.1. The summed E-state index contributed by atoms with van der Waals surface area (Å²) in [5.41, 5.74) is 2.85. The molecule has 0 saturated heterocycles. The standard InChI is InChI=1S/C20H19FN4/c1-14(11-19-23-17-7-2-3-8-18(17)24-19)13-25-10-9-22-20(25)15-5-4-6-16(21)12-15/h2-10,12,14H,11,13H2,1H3,(H,23,24). The number of aromatic amines is 1. The fourth-order valence-electron chi connectivity index (χ4n) is 3.18. The summed E-state index contributed by atoms with van der Waals surface area (Å²) in [4.78, 5) is 12.4. The van der Waals surface area contributed by atoms with Crippen LogP contribution in [-0.4, -0.2) is 19.5 Å². The van der Waals surface area contributed by atoms with Crippen LogP contribution in [0.1, 0.15) is 12.7 Å². The van der Waals surface area contributed by atoms with Crippen molar-refractivity contribution >= 4 is 11.0 Å². The van der Waals surface area contributed by atoms with Gasteiger partial charge in [-0.25, -0.2) is 14.4 Å². The number of benzene rings is 2. The van der Waals surface area contributed by atoms with Crippen molar-refractivity contribution in [2.24, 2.45) is 5.92 Å². The quantitative estimate of drug-likeness (QED) is 0.586. The summed E-state index contributed by atoms with van der Waals surface area (Å²) in [5.74, 6) is 1.89. The molecule has 0 bridgehead atoms. The summed E-state index contributed by atoms with van der Waals surface area (Å²) >= 11 is 0. The van der Waals surface area contributed by atoms with Gasteiger partial charge >= 0.3 is 0 Å². The minimum absolute atomic E-state index is 0.248. The highest BCUT2D eigenvalue weighted by Gasteiger charge is 2.12. The summed E-state index contributed by atoms with van der Waals surface area (Å²) in [5, 5.41) is 0. The van der Waals surface area contributed by atoms with E-state index >= 15 is 0 Å². The maximum Gasteiger partial charge on any atom is 0.139 e. The number of nitrogens with zero attached hydrogens (tertiary/aromatic N) is 3. The molecule has 0 aliphatic rings. The summed E-state index contributed by atoms with van der Waals surface area (Å²) in [6.45, 7) is 2.98. The second kappa shape index (κ2) is 6.51. The van der Waals surface area contributed by atoms with Crippen LogP contribution in [0, 0.1) is 11.7 Å². The number of nitrogens with one attached hydrogen (secondary N) is 1. The molecule has 25 heavy (non-hydrogen) atoms. The molecule has 0 aliphatic carbocycles. The Morgan fingerprint density at radius 3 is 2.88 bits per heavy atom. The van der Waals surface area contributed by atoms with E-state index in [1.807, 2.05) is 36.5 Å². The molecule has 0 amide bonds. The van der Waals surface area contributed by atoms with Crippen LogP contribution in [-0.2, 0) is 13.0 Å². The largest absolute Gasteiger partial charge is 0.342 e. The van der Waals surface area contributed by atoms with E-state index in [4.69, 9.17) is 0 Å². The first-order valence-corrected chi connectivity index (χ1v) is 8.40. The van der Waals surface area contributed by atoms with Crippen LogP contribution in [0.3, 0.4) is 0 Å². The number of fused-ring (bicyclic) bond motifs is 1. The highest BCUT2D eigenvalue weighted by molar-refractivity contribution is 5.74. The smallest absolute Gasteiger partial charge is 0.139 e. The molecule has 0 aliphatic heterocycles. The molecular weight excluding hydrogens is 315 g/mol. The van der Waals surface area contributed by atoms with Gasteiger partial charge in [0.25, 0.3) is 0 Å². The maximum atomic E-state index is 13.5. The van der Waals surface area contributed by atoms with Gasteiger partial charge in [0.1, 0.15) is 17.5 Å². The Bertz CT molecular complexity index is 969. The van der Waals surface area contributed by atoms with Crippen LogP contribution in [0.5, 0.6) is 0 Å². The lowest BCUT2D eigenvalue weighted by molar-refractivity contribution is 0.474. The van der Waals surface area contributed by atoms with Crippen molar-refractivity contribution in [2.75, 3.05) is 0 Å². The van der Waals surface area contributed by atoms with Crippen molar-refractivity contribution in [1.29, 1.82) is 0 Å². The van der Waals surface area contributed by atoms with E-state index in [2.05, 4.69) is 26.4 Å². The predicted octanol–water partition coefficient (Wildman–Crippen LogP) is 4.44. The molecule has 4 aromatic rings. The molecule has 0 saturated carbocycles. The van der Waals surface area contributed by atoms with Gasteiger partial charge in [-0.15, -0.1) is 0 Å². The average Bonchev–Trinajstić information content (AvgIpc) is 3.20. The zero-order chi connectivity index (χ0) is 17.2. The first-order chi connectivity index (χ1) is 12.2. The van der Waals surface area contributed by atoms with E-state index < -0.39 is 0 Å². The topological polar surface area (TPSA) is 46.5 Å². The number of hydrogen-bond donors (Lipinski definition) is 1. The van der Waals surface area contributed by atoms with Crippen molar-refractivity contribution in [2.45, 2.75) is 19.9 Å². The highest BCUT2D eigenvalue weighted by atomic mass is 19.1. The summed E-state index contributed by atoms with van der Waals surface area (Å²) < 4.78 is 15.6. The third kappa shape index (κ3) is 3.31. The van der Waals surface area contributed by atoms with Crippen molar-refractivity contribution in [3.05, 3.63) is 72.6 Å². The molecule has 126 valence electrons. The highest BCUT2D eigenvalue weighted by Crippen LogP contribution is 2.21. The number of aromatic nitrogens is 4. The molecule has 4 nitrogen and oxygen atoms in total. The van der Waals surface area contributed by atoms with Gasteiger partial charge in [0.2, 0.25) is 0 Å². The molecule has 5 heteroatoms. The molecule has 2 heterocycles. The van der Waals surface area contributed by atoms with Crippen molar-refractivity contribution in [3.63, 3.8) is 0 Å². The van der Waals surface area contributed by atoms with Gasteiger partial charge in [-0.05, 0) is 30.2 Å². The van der Waals surface area contributed by atoms with E-state index in [1.165, 1.54) is 12.1 Å². The van der Waals surface area contributed by atoms with Crippen LogP contribution in [0.2, 0.25) is 0 Å². The van der Waals surface area contributed by atoms with Gasteiger partial charge in [-0.1, -0.05) is 31.2 Å². The molecule has 2 aromatic heterocycles. The molecule has 1 N–H and O–H groups in total. The SMILES string of the molecule is CC(Cc1nc2ccccc2[nH]1)Cn1ccnc1-c1cccc(F)c1. The van der Waals surface area contributed by atoms with Gasteiger partial charge in [0, 0.05) is 30.9 Å². The zero-order valence-corrected chi connectivity index (χ0v) is 14.0. The Kier molecular flexibility index (Phi) is 4.06. The fourth-order valence-corrected chi connectivity index (χ4v) is 3.18. The Labute approximate surface area is 145 Å². The van der Waals surface area contributed by atoms with Gasteiger partial charge in [0.15, 0.2) is 0 Å². The lowest BCUT2D eigenvalue weighted by Crippen LogP contribution is -2.11. The van der Waals surface area contributed by atoms with Gasteiger partial charge in [0.05, 0.1) is 11.0 Å². The number of hydrogen-bond acceptors (Lipinski definition) is 2. The number of imidazole rings is 2. The number of H-pyrrole nitrogens is 1. The zero-order valence-electron chi connectivity index (χ0n) is 14.0. The first kappa shape index (κ1) is 15.6. The first-order valence-electron chi connectivity index (χ1n) is 8.40. The molecule has 2 aromatic carbocycles. The van der Waals surface area contributed by atoms with E-state index in [0.29, 0.717) is 5.92 Å². The van der Waals surface area contributed by atoms with Crippen LogP contribution < -0.4 is 0 Å². The van der Waals surface area contributed by atoms with E-state index in [-0.39, 0.29) is 5.82 Å². The molecule has 4 rings (SSSR count). The fraction of sp³-hybridized carbons (Fsp3) is 0.200. The summed E-state index contributed by atoms with van der Waals surface area (Å²) in [7, 11) is 0. The number of halogens is 1. The minimum Gasteiger partial charge on any atom is -0.342 e.